The Balaban J connectivity index is 1.48. The van der Waals surface area contributed by atoms with Gasteiger partial charge in [-0.05, 0) is 64.3 Å². The number of piperidine rings is 1. The number of nitrogens with one attached hydrogen (secondary N) is 1. The number of hydrogen-bond acceptors (Lipinski definition) is 8. The second-order valence-electron chi connectivity index (χ2n) is 9.79. The van der Waals surface area contributed by atoms with E-state index in [0.717, 1.165) is 24.0 Å². The largest absolute Gasteiger partial charge is 0.507 e. The van der Waals surface area contributed by atoms with Crippen molar-refractivity contribution in [2.45, 2.75) is 57.7 Å². The number of phenolic OH excluding ortho intramolecular Hbond substituents is 1. The predicted molar refractivity (Wildman–Crippen MR) is 121 cm³/mol. The fourth-order valence-electron chi connectivity index (χ4n) is 4.95. The molecule has 4 heterocycles. The third kappa shape index (κ3) is 3.80. The first kappa shape index (κ1) is 20.4. The predicted octanol–water partition coefficient (Wildman–Crippen LogP) is 3.53. The number of nitrogens with zero attached hydrogens (tertiary/aromatic N) is 7. The maximum absolute atomic E-state index is 10.6. The van der Waals surface area contributed by atoms with Crippen LogP contribution < -0.4 is 5.32 Å². The third-order valence-corrected chi connectivity index (χ3v) is 5.90. The molecule has 0 spiro atoms. The van der Waals surface area contributed by atoms with E-state index in [4.69, 9.17) is 0 Å². The number of benzene rings is 1. The fourth-order valence-corrected chi connectivity index (χ4v) is 4.95. The molecule has 1 fully saturated rings. The van der Waals surface area contributed by atoms with E-state index in [2.05, 4.69) is 63.5 Å². The second-order valence-corrected chi connectivity index (χ2v) is 9.79. The summed E-state index contributed by atoms with van der Waals surface area (Å²) in [5.74, 6) is 0.106. The Bertz CT molecular complexity index is 1270. The molecule has 0 saturated carbocycles. The number of phenols is 1. The Morgan fingerprint density at radius 2 is 1.66 bits per heavy atom. The van der Waals surface area contributed by atoms with E-state index in [0.29, 0.717) is 22.4 Å². The van der Waals surface area contributed by atoms with Crippen LogP contribution in [0.25, 0.3) is 33.5 Å². The average molecular weight is 431 g/mol. The summed E-state index contributed by atoms with van der Waals surface area (Å²) in [7, 11) is 0. The minimum Gasteiger partial charge on any atom is -0.507 e. The summed E-state index contributed by atoms with van der Waals surface area (Å²) >= 11 is 0. The number of aromatic hydroxyl groups is 1. The van der Waals surface area contributed by atoms with Gasteiger partial charge in [0, 0.05) is 34.6 Å². The van der Waals surface area contributed by atoms with Crippen molar-refractivity contribution in [3.8, 4) is 28.1 Å². The number of fused-ring (bicyclic) bond motifs is 1. The fraction of sp³-hybridized carbons (Fsp3) is 0.391. The van der Waals surface area contributed by atoms with Gasteiger partial charge >= 0.3 is 0 Å². The topological polar surface area (TPSA) is 115 Å². The molecule has 0 atom stereocenters. The lowest BCUT2D eigenvalue weighted by molar-refractivity contribution is 0.127. The maximum atomic E-state index is 10.6. The highest BCUT2D eigenvalue weighted by atomic mass is 16.3. The van der Waals surface area contributed by atoms with Crippen LogP contribution in [0, 0.1) is 0 Å². The van der Waals surface area contributed by atoms with Crippen molar-refractivity contribution in [3.63, 3.8) is 0 Å². The average Bonchev–Trinajstić information content (AvgIpc) is 3.15. The molecule has 0 unspecified atom stereocenters. The molecule has 32 heavy (non-hydrogen) atoms. The van der Waals surface area contributed by atoms with Gasteiger partial charge in [-0.1, -0.05) is 11.3 Å². The molecule has 3 aromatic heterocycles. The normalized spacial score (nSPS) is 18.1. The molecule has 9 heteroatoms. The van der Waals surface area contributed by atoms with Gasteiger partial charge in [-0.3, -0.25) is 0 Å². The molecule has 164 valence electrons. The van der Waals surface area contributed by atoms with E-state index < -0.39 is 0 Å². The zero-order valence-corrected chi connectivity index (χ0v) is 18.6. The van der Waals surface area contributed by atoms with Crippen LogP contribution in [0.15, 0.2) is 43.0 Å². The maximum Gasteiger partial charge on any atom is 0.201 e. The summed E-state index contributed by atoms with van der Waals surface area (Å²) in [4.78, 5) is 8.06. The standard InChI is InChI=1S/C23H26N8O/c1-22(2)9-16(10-23(3,4)29-22)31-21-19(27-30-31)8-18(26-28-21)17-6-5-14(7-20(17)32)15-11-24-13-25-12-15/h5-8,11-13,16,29,32H,9-10H2,1-4H3. The molecule has 2 N–H and O–H groups in total. The van der Waals surface area contributed by atoms with Gasteiger partial charge in [0.05, 0.1) is 11.7 Å². The van der Waals surface area contributed by atoms with Crippen molar-refractivity contribution in [1.82, 2.24) is 40.5 Å². The van der Waals surface area contributed by atoms with Crippen LogP contribution in [0.1, 0.15) is 46.6 Å². The van der Waals surface area contributed by atoms with Crippen molar-refractivity contribution in [2.75, 3.05) is 0 Å². The van der Waals surface area contributed by atoms with E-state index in [1.807, 2.05) is 22.9 Å². The minimum atomic E-state index is -0.0185. The lowest BCUT2D eigenvalue weighted by atomic mass is 9.80. The van der Waals surface area contributed by atoms with E-state index in [1.54, 1.807) is 18.5 Å². The van der Waals surface area contributed by atoms with Gasteiger partial charge in [-0.2, -0.15) is 0 Å². The van der Waals surface area contributed by atoms with Gasteiger partial charge in [-0.15, -0.1) is 15.3 Å². The molecule has 9 nitrogen and oxygen atoms in total. The van der Waals surface area contributed by atoms with E-state index >= 15 is 0 Å². The second kappa shape index (κ2) is 7.30. The van der Waals surface area contributed by atoms with E-state index in [-0.39, 0.29) is 22.9 Å². The lowest BCUT2D eigenvalue weighted by Crippen LogP contribution is -2.58. The Labute approximate surface area is 185 Å². The first-order valence-electron chi connectivity index (χ1n) is 10.7. The first-order chi connectivity index (χ1) is 15.2. The van der Waals surface area contributed by atoms with Crippen LogP contribution in [-0.4, -0.2) is 51.3 Å². The molecule has 4 aromatic rings. The smallest absolute Gasteiger partial charge is 0.201 e. The molecule has 0 radical (unpaired) electrons. The summed E-state index contributed by atoms with van der Waals surface area (Å²) in [6.45, 7) is 8.82. The Morgan fingerprint density at radius 3 is 2.34 bits per heavy atom. The molecule has 5 rings (SSSR count). The summed E-state index contributed by atoms with van der Waals surface area (Å²) in [5, 5.41) is 32.0. The van der Waals surface area contributed by atoms with Crippen molar-refractivity contribution in [1.29, 1.82) is 0 Å². The molecule has 1 aliphatic rings. The summed E-state index contributed by atoms with van der Waals surface area (Å²) in [6, 6.07) is 7.39. The highest BCUT2D eigenvalue weighted by Gasteiger charge is 2.39. The van der Waals surface area contributed by atoms with Gasteiger partial charge < -0.3 is 10.4 Å². The van der Waals surface area contributed by atoms with Crippen LogP contribution in [0.2, 0.25) is 0 Å². The van der Waals surface area contributed by atoms with Crippen LogP contribution in [0.3, 0.4) is 0 Å². The first-order valence-corrected chi connectivity index (χ1v) is 10.7. The van der Waals surface area contributed by atoms with Gasteiger partial charge in [0.15, 0.2) is 0 Å². The number of hydrogen-bond donors (Lipinski definition) is 2. The Kier molecular flexibility index (Phi) is 4.67. The molecule has 0 amide bonds. The molecular weight excluding hydrogens is 404 g/mol. The highest BCUT2D eigenvalue weighted by Crippen LogP contribution is 2.37. The van der Waals surface area contributed by atoms with E-state index in [1.165, 1.54) is 6.33 Å². The van der Waals surface area contributed by atoms with Crippen LogP contribution >= 0.6 is 0 Å². The molecule has 1 saturated heterocycles. The van der Waals surface area contributed by atoms with Gasteiger partial charge in [0.25, 0.3) is 0 Å². The lowest BCUT2D eigenvalue weighted by Gasteiger charge is -2.46. The third-order valence-electron chi connectivity index (χ3n) is 5.90. The van der Waals surface area contributed by atoms with Crippen LogP contribution in [-0.2, 0) is 0 Å². The monoisotopic (exact) mass is 430 g/mol. The van der Waals surface area contributed by atoms with E-state index in [9.17, 15) is 5.11 Å². The van der Waals surface area contributed by atoms with Gasteiger partial charge in [0.2, 0.25) is 5.65 Å². The van der Waals surface area contributed by atoms with Gasteiger partial charge in [0.1, 0.15) is 17.6 Å². The Morgan fingerprint density at radius 1 is 0.938 bits per heavy atom. The van der Waals surface area contributed by atoms with Crippen molar-refractivity contribution in [3.05, 3.63) is 43.0 Å². The molecule has 1 aromatic carbocycles. The summed E-state index contributed by atoms with van der Waals surface area (Å²) < 4.78 is 1.90. The van der Waals surface area contributed by atoms with Crippen LogP contribution in [0.5, 0.6) is 5.75 Å². The van der Waals surface area contributed by atoms with Crippen LogP contribution in [0.4, 0.5) is 0 Å². The van der Waals surface area contributed by atoms with Crippen molar-refractivity contribution >= 4 is 11.2 Å². The SMILES string of the molecule is CC1(C)CC(n2nnc3cc(-c4ccc(-c5cncnc5)cc4O)nnc32)CC(C)(C)N1. The summed E-state index contributed by atoms with van der Waals surface area (Å²) in [5.41, 5.74) is 4.05. The number of aromatic nitrogens is 7. The molecule has 1 aliphatic heterocycles. The van der Waals surface area contributed by atoms with Crippen molar-refractivity contribution in [2.24, 2.45) is 0 Å². The molecular formula is C23H26N8O. The number of rotatable bonds is 3. The zero-order valence-electron chi connectivity index (χ0n) is 18.6. The quantitative estimate of drug-likeness (QED) is 0.507. The van der Waals surface area contributed by atoms with Crippen molar-refractivity contribution < 1.29 is 5.11 Å². The minimum absolute atomic E-state index is 0.0185. The molecule has 0 bridgehead atoms. The summed E-state index contributed by atoms with van der Waals surface area (Å²) in [6.07, 6.45) is 6.72. The highest BCUT2D eigenvalue weighted by molar-refractivity contribution is 5.79. The zero-order chi connectivity index (χ0) is 22.5. The Hall–Kier alpha value is -3.46. The van der Waals surface area contributed by atoms with Gasteiger partial charge in [-0.25, -0.2) is 14.6 Å². The molecule has 0 aliphatic carbocycles.